The van der Waals surface area contributed by atoms with E-state index in [4.69, 9.17) is 9.73 Å². The number of ether oxygens (including phenoxy) is 1. The number of hydrogen-bond donors (Lipinski definition) is 2. The molecule has 1 fully saturated rings. The van der Waals surface area contributed by atoms with Gasteiger partial charge in [-0.3, -0.25) is 0 Å². The number of pyridine rings is 1. The molecule has 1 aromatic heterocycles. The zero-order valence-corrected chi connectivity index (χ0v) is 15.9. The van der Waals surface area contributed by atoms with Crippen LogP contribution in [0.3, 0.4) is 0 Å². The van der Waals surface area contributed by atoms with Crippen LogP contribution in [0, 0.1) is 0 Å². The molecule has 1 aliphatic rings. The van der Waals surface area contributed by atoms with Crippen molar-refractivity contribution in [3.05, 3.63) is 23.9 Å². The van der Waals surface area contributed by atoms with Gasteiger partial charge in [0.1, 0.15) is 5.82 Å². The molecule has 1 aromatic rings. The average molecular weight is 348 g/mol. The van der Waals surface area contributed by atoms with E-state index in [0.29, 0.717) is 13.2 Å². The normalized spacial score (nSPS) is 17.1. The second-order valence-electron chi connectivity index (χ2n) is 6.62. The summed E-state index contributed by atoms with van der Waals surface area (Å²) < 4.78 is 5.18. The van der Waals surface area contributed by atoms with Crippen LogP contribution in [0.25, 0.3) is 0 Å². The lowest BCUT2D eigenvalue weighted by molar-refractivity contribution is 0.179. The summed E-state index contributed by atoms with van der Waals surface area (Å²) in [6.45, 7) is 8.50. The Morgan fingerprint density at radius 2 is 2.08 bits per heavy atom. The van der Waals surface area contributed by atoms with Crippen molar-refractivity contribution in [1.29, 1.82) is 0 Å². The summed E-state index contributed by atoms with van der Waals surface area (Å²) in [5.41, 5.74) is 1.19. The van der Waals surface area contributed by atoms with Crippen LogP contribution < -0.4 is 15.5 Å². The van der Waals surface area contributed by atoms with E-state index < -0.39 is 0 Å². The first-order chi connectivity index (χ1) is 12.2. The standard InChI is InChI=1S/C19H33N5O/c1-4-20-19(23-16(2)15-25-3)22-14-17-9-10-21-18(13-17)24-11-7-5-6-8-12-24/h9-10,13,16H,4-8,11-12,14-15H2,1-3H3,(H2,20,22,23). The number of aliphatic imine (C=N–C) groups is 1. The van der Waals surface area contributed by atoms with Gasteiger partial charge in [0.15, 0.2) is 5.96 Å². The molecule has 1 aliphatic heterocycles. The first kappa shape index (κ1) is 19.5. The molecule has 1 saturated heterocycles. The first-order valence-electron chi connectivity index (χ1n) is 9.46. The molecule has 0 spiro atoms. The van der Waals surface area contributed by atoms with Crippen LogP contribution in [0.1, 0.15) is 45.1 Å². The molecule has 0 radical (unpaired) electrons. The van der Waals surface area contributed by atoms with Crippen LogP contribution in [0.2, 0.25) is 0 Å². The van der Waals surface area contributed by atoms with Crippen LogP contribution >= 0.6 is 0 Å². The van der Waals surface area contributed by atoms with Gasteiger partial charge in [0.05, 0.1) is 13.2 Å². The van der Waals surface area contributed by atoms with Crippen LogP contribution in [-0.2, 0) is 11.3 Å². The monoisotopic (exact) mass is 347 g/mol. The minimum Gasteiger partial charge on any atom is -0.383 e. The lowest BCUT2D eigenvalue weighted by Gasteiger charge is -2.21. The predicted octanol–water partition coefficient (Wildman–Crippen LogP) is 2.55. The predicted molar refractivity (Wildman–Crippen MR) is 104 cm³/mol. The van der Waals surface area contributed by atoms with E-state index in [1.165, 1.54) is 31.2 Å². The summed E-state index contributed by atoms with van der Waals surface area (Å²) in [5.74, 6) is 1.90. The summed E-state index contributed by atoms with van der Waals surface area (Å²) >= 11 is 0. The van der Waals surface area contributed by atoms with E-state index >= 15 is 0 Å². The molecule has 1 unspecified atom stereocenters. The molecule has 0 amide bonds. The SMILES string of the molecule is CCNC(=NCc1ccnc(N2CCCCCC2)c1)NC(C)COC. The van der Waals surface area contributed by atoms with Gasteiger partial charge in [0, 0.05) is 39.0 Å². The summed E-state index contributed by atoms with van der Waals surface area (Å²) in [7, 11) is 1.71. The highest BCUT2D eigenvalue weighted by Crippen LogP contribution is 2.18. The second-order valence-corrected chi connectivity index (χ2v) is 6.62. The molecule has 25 heavy (non-hydrogen) atoms. The average Bonchev–Trinajstić information content (AvgIpc) is 2.90. The molecule has 0 bridgehead atoms. The van der Waals surface area contributed by atoms with Crippen LogP contribution in [0.4, 0.5) is 5.82 Å². The fraction of sp³-hybridized carbons (Fsp3) is 0.684. The van der Waals surface area contributed by atoms with Gasteiger partial charge in [-0.05, 0) is 44.4 Å². The first-order valence-corrected chi connectivity index (χ1v) is 9.46. The Bertz CT molecular complexity index is 526. The van der Waals surface area contributed by atoms with Crippen molar-refractivity contribution in [2.75, 3.05) is 38.3 Å². The molecular weight excluding hydrogens is 314 g/mol. The van der Waals surface area contributed by atoms with Gasteiger partial charge < -0.3 is 20.3 Å². The third kappa shape index (κ3) is 6.90. The fourth-order valence-electron chi connectivity index (χ4n) is 3.05. The molecule has 140 valence electrons. The maximum absolute atomic E-state index is 5.18. The van der Waals surface area contributed by atoms with E-state index in [9.17, 15) is 0 Å². The Morgan fingerprint density at radius 1 is 1.32 bits per heavy atom. The Labute approximate surface area is 152 Å². The molecular formula is C19H33N5O. The quantitative estimate of drug-likeness (QED) is 0.586. The summed E-state index contributed by atoms with van der Waals surface area (Å²) in [6.07, 6.45) is 7.08. The van der Waals surface area contributed by atoms with Gasteiger partial charge in [0.25, 0.3) is 0 Å². The van der Waals surface area contributed by atoms with Gasteiger partial charge in [-0.15, -0.1) is 0 Å². The van der Waals surface area contributed by atoms with Crippen molar-refractivity contribution in [3.63, 3.8) is 0 Å². The number of rotatable bonds is 7. The molecule has 2 N–H and O–H groups in total. The maximum atomic E-state index is 5.18. The van der Waals surface area contributed by atoms with E-state index in [2.05, 4.69) is 40.4 Å². The number of hydrogen-bond acceptors (Lipinski definition) is 4. The van der Waals surface area contributed by atoms with Gasteiger partial charge in [-0.25, -0.2) is 9.98 Å². The second kappa shape index (κ2) is 10.9. The fourth-order valence-corrected chi connectivity index (χ4v) is 3.05. The minimum atomic E-state index is 0.216. The number of aromatic nitrogens is 1. The van der Waals surface area contributed by atoms with Crippen molar-refractivity contribution in [3.8, 4) is 0 Å². The molecule has 0 aromatic carbocycles. The van der Waals surface area contributed by atoms with Crippen LogP contribution in [-0.4, -0.2) is 50.3 Å². The number of guanidine groups is 1. The number of nitrogens with one attached hydrogen (secondary N) is 2. The zero-order chi connectivity index (χ0) is 17.9. The van der Waals surface area contributed by atoms with Gasteiger partial charge in [-0.2, -0.15) is 0 Å². The molecule has 2 rings (SSSR count). The smallest absolute Gasteiger partial charge is 0.191 e. The lowest BCUT2D eigenvalue weighted by Crippen LogP contribution is -2.43. The van der Waals surface area contributed by atoms with E-state index in [1.807, 2.05) is 12.3 Å². The third-order valence-electron chi connectivity index (χ3n) is 4.30. The number of methoxy groups -OCH3 is 1. The van der Waals surface area contributed by atoms with Crippen LogP contribution in [0.15, 0.2) is 23.3 Å². The van der Waals surface area contributed by atoms with Crippen molar-refractivity contribution in [1.82, 2.24) is 15.6 Å². The summed E-state index contributed by atoms with van der Waals surface area (Å²) in [5, 5.41) is 6.65. The van der Waals surface area contributed by atoms with Gasteiger partial charge in [0.2, 0.25) is 0 Å². The van der Waals surface area contributed by atoms with Crippen molar-refractivity contribution in [2.45, 2.75) is 52.1 Å². The Kier molecular flexibility index (Phi) is 8.52. The number of anilines is 1. The Balaban J connectivity index is 2.00. The highest BCUT2D eigenvalue weighted by molar-refractivity contribution is 5.80. The maximum Gasteiger partial charge on any atom is 0.191 e. The van der Waals surface area contributed by atoms with Crippen molar-refractivity contribution < 1.29 is 4.74 Å². The highest BCUT2D eigenvalue weighted by Gasteiger charge is 2.11. The largest absolute Gasteiger partial charge is 0.383 e. The number of nitrogens with zero attached hydrogens (tertiary/aromatic N) is 3. The topological polar surface area (TPSA) is 61.8 Å². The van der Waals surface area contributed by atoms with Crippen molar-refractivity contribution >= 4 is 11.8 Å². The molecule has 6 heteroatoms. The summed E-state index contributed by atoms with van der Waals surface area (Å²) in [6, 6.07) is 4.44. The molecule has 2 heterocycles. The van der Waals surface area contributed by atoms with Crippen molar-refractivity contribution in [2.24, 2.45) is 4.99 Å². The highest BCUT2D eigenvalue weighted by atomic mass is 16.5. The summed E-state index contributed by atoms with van der Waals surface area (Å²) in [4.78, 5) is 11.7. The van der Waals surface area contributed by atoms with Gasteiger partial charge in [-0.1, -0.05) is 12.8 Å². The van der Waals surface area contributed by atoms with E-state index in [1.54, 1.807) is 7.11 Å². The molecule has 0 saturated carbocycles. The Hall–Kier alpha value is -1.82. The Morgan fingerprint density at radius 3 is 2.76 bits per heavy atom. The zero-order valence-electron chi connectivity index (χ0n) is 15.9. The third-order valence-corrected chi connectivity index (χ3v) is 4.30. The van der Waals surface area contributed by atoms with E-state index in [-0.39, 0.29) is 6.04 Å². The molecule has 0 aliphatic carbocycles. The molecule has 1 atom stereocenters. The van der Waals surface area contributed by atoms with E-state index in [0.717, 1.165) is 31.4 Å². The minimum absolute atomic E-state index is 0.216. The molecule has 6 nitrogen and oxygen atoms in total. The van der Waals surface area contributed by atoms with Crippen LogP contribution in [0.5, 0.6) is 0 Å². The van der Waals surface area contributed by atoms with Gasteiger partial charge >= 0.3 is 0 Å². The lowest BCUT2D eigenvalue weighted by atomic mass is 10.2.